The quantitative estimate of drug-likeness (QED) is 0.344. The molecule has 0 aliphatic rings. The maximum absolute atomic E-state index is 10.9. The zero-order valence-electron chi connectivity index (χ0n) is 6.99. The van der Waals surface area contributed by atoms with Crippen molar-refractivity contribution in [2.75, 3.05) is 6.54 Å². The Balaban J connectivity index is 3.46. The van der Waals surface area contributed by atoms with Gasteiger partial charge in [0.05, 0.1) is 0 Å². The molecule has 0 radical (unpaired) electrons. The number of Topliss-reactive ketones (excluding diaryl/α,β-unsaturated/α-hetero) is 2. The molecule has 0 atom stereocenters. The second kappa shape index (κ2) is 6.37. The van der Waals surface area contributed by atoms with E-state index in [0.29, 0.717) is 0 Å². The molecule has 0 N–H and O–H groups in total. The molecule has 0 aromatic carbocycles. The first kappa shape index (κ1) is 10.7. The van der Waals surface area contributed by atoms with Crippen molar-refractivity contribution in [3.05, 3.63) is 10.4 Å². The molecule has 0 aromatic heterocycles. The van der Waals surface area contributed by atoms with Crippen LogP contribution in [0.25, 0.3) is 10.4 Å². The van der Waals surface area contributed by atoms with Crippen LogP contribution in [0.2, 0.25) is 0 Å². The highest BCUT2D eigenvalue weighted by atomic mass is 16.1. The summed E-state index contributed by atoms with van der Waals surface area (Å²) in [5, 5.41) is 3.21. The summed E-state index contributed by atoms with van der Waals surface area (Å²) in [7, 11) is 0. The van der Waals surface area contributed by atoms with Gasteiger partial charge in [-0.1, -0.05) is 5.11 Å². The summed E-state index contributed by atoms with van der Waals surface area (Å²) in [6, 6.07) is 0. The lowest BCUT2D eigenvalue weighted by atomic mass is 10.1. The van der Waals surface area contributed by atoms with Crippen LogP contribution in [0, 0.1) is 0 Å². The molecule has 5 nitrogen and oxygen atoms in total. The van der Waals surface area contributed by atoms with Gasteiger partial charge in [-0.05, 0) is 12.5 Å². The summed E-state index contributed by atoms with van der Waals surface area (Å²) in [4.78, 5) is 23.8. The minimum atomic E-state index is -0.0300. The predicted molar refractivity (Wildman–Crippen MR) is 43.6 cm³/mol. The number of hydrogen-bond acceptors (Lipinski definition) is 3. The summed E-state index contributed by atoms with van der Waals surface area (Å²) < 4.78 is 0. The van der Waals surface area contributed by atoms with Crippen LogP contribution in [0.3, 0.4) is 0 Å². The summed E-state index contributed by atoms with van der Waals surface area (Å²) in [5.41, 5.74) is 7.89. The molecule has 0 saturated carbocycles. The second-order valence-corrected chi connectivity index (χ2v) is 2.45. The molecular formula is C7H11N3O2. The third-order valence-electron chi connectivity index (χ3n) is 1.31. The number of ketones is 2. The number of nitrogens with zero attached hydrogens (tertiary/aromatic N) is 3. The fourth-order valence-electron chi connectivity index (χ4n) is 0.660. The van der Waals surface area contributed by atoms with Crippen LogP contribution in [0.15, 0.2) is 5.11 Å². The fourth-order valence-corrected chi connectivity index (χ4v) is 0.660. The molecule has 0 bridgehead atoms. The Morgan fingerprint density at radius 1 is 1.33 bits per heavy atom. The molecule has 12 heavy (non-hydrogen) atoms. The maximum atomic E-state index is 10.9. The van der Waals surface area contributed by atoms with E-state index in [1.54, 1.807) is 0 Å². The minimum absolute atomic E-state index is 0.00661. The van der Waals surface area contributed by atoms with E-state index in [9.17, 15) is 9.59 Å². The van der Waals surface area contributed by atoms with E-state index in [2.05, 4.69) is 10.0 Å². The van der Waals surface area contributed by atoms with Crippen molar-refractivity contribution >= 4 is 11.6 Å². The van der Waals surface area contributed by atoms with Gasteiger partial charge in [0.1, 0.15) is 11.6 Å². The molecule has 0 aliphatic carbocycles. The molecule has 0 heterocycles. The van der Waals surface area contributed by atoms with Crippen LogP contribution in [0.1, 0.15) is 26.2 Å². The average Bonchev–Trinajstić information content (AvgIpc) is 2.01. The number of rotatable bonds is 6. The van der Waals surface area contributed by atoms with Crippen LogP contribution in [-0.2, 0) is 9.59 Å². The zero-order valence-corrected chi connectivity index (χ0v) is 6.99. The first-order chi connectivity index (χ1) is 5.66. The molecule has 0 aromatic rings. The molecule has 0 spiro atoms. The van der Waals surface area contributed by atoms with Crippen LogP contribution >= 0.6 is 0 Å². The minimum Gasteiger partial charge on any atom is -0.300 e. The molecule has 0 rings (SSSR count). The van der Waals surface area contributed by atoms with E-state index < -0.39 is 0 Å². The Hall–Kier alpha value is -1.35. The van der Waals surface area contributed by atoms with Crippen LogP contribution < -0.4 is 0 Å². The van der Waals surface area contributed by atoms with Crippen molar-refractivity contribution in [2.45, 2.75) is 26.2 Å². The predicted octanol–water partition coefficient (Wildman–Crippen LogP) is 1.63. The molecule has 66 valence electrons. The van der Waals surface area contributed by atoms with Gasteiger partial charge in [-0.25, -0.2) is 0 Å². The van der Waals surface area contributed by atoms with Crippen molar-refractivity contribution in [1.29, 1.82) is 0 Å². The van der Waals surface area contributed by atoms with E-state index in [4.69, 9.17) is 5.53 Å². The second-order valence-electron chi connectivity index (χ2n) is 2.45. The number of azide groups is 1. The van der Waals surface area contributed by atoms with Crippen molar-refractivity contribution in [3.63, 3.8) is 0 Å². The highest BCUT2D eigenvalue weighted by molar-refractivity contribution is 5.84. The number of carbonyl (C=O) groups is 2. The monoisotopic (exact) mass is 169 g/mol. The molecule has 0 saturated heterocycles. The Labute approximate surface area is 70.4 Å². The van der Waals surface area contributed by atoms with Crippen molar-refractivity contribution in [1.82, 2.24) is 0 Å². The lowest BCUT2D eigenvalue weighted by Gasteiger charge is -1.94. The SMILES string of the molecule is CC(=O)CCC(=O)CCN=[N+]=[N-]. The first-order valence-corrected chi connectivity index (χ1v) is 3.69. The van der Waals surface area contributed by atoms with Gasteiger partial charge >= 0.3 is 0 Å². The van der Waals surface area contributed by atoms with Gasteiger partial charge in [0.15, 0.2) is 0 Å². The smallest absolute Gasteiger partial charge is 0.133 e. The summed E-state index contributed by atoms with van der Waals surface area (Å²) in [6.45, 7) is 1.63. The standard InChI is InChI=1S/C7H11N3O2/c1-6(11)2-3-7(12)4-5-9-10-8/h2-5H2,1H3. The van der Waals surface area contributed by atoms with E-state index in [0.717, 1.165) is 0 Å². The van der Waals surface area contributed by atoms with Crippen LogP contribution in [-0.4, -0.2) is 18.1 Å². The third-order valence-corrected chi connectivity index (χ3v) is 1.31. The third kappa shape index (κ3) is 6.77. The number of carbonyl (C=O) groups excluding carboxylic acids is 2. The van der Waals surface area contributed by atoms with Crippen molar-refractivity contribution in [3.8, 4) is 0 Å². The maximum Gasteiger partial charge on any atom is 0.133 e. The fraction of sp³-hybridized carbons (Fsp3) is 0.714. The van der Waals surface area contributed by atoms with Gasteiger partial charge in [-0.15, -0.1) is 0 Å². The lowest BCUT2D eigenvalue weighted by Crippen LogP contribution is -2.02. The molecule has 5 heteroatoms. The summed E-state index contributed by atoms with van der Waals surface area (Å²) in [5.74, 6) is -0.0234. The summed E-state index contributed by atoms with van der Waals surface area (Å²) in [6.07, 6.45) is 0.780. The Kier molecular flexibility index (Phi) is 5.65. The Bertz CT molecular complexity index is 211. The van der Waals surface area contributed by atoms with Gasteiger partial charge in [0, 0.05) is 30.7 Å². The van der Waals surface area contributed by atoms with Crippen LogP contribution in [0.4, 0.5) is 0 Å². The van der Waals surface area contributed by atoms with Crippen molar-refractivity contribution in [2.24, 2.45) is 5.11 Å². The number of hydrogen-bond donors (Lipinski definition) is 0. The van der Waals surface area contributed by atoms with E-state index in [1.165, 1.54) is 6.92 Å². The van der Waals surface area contributed by atoms with Gasteiger partial charge in [-0.3, -0.25) is 4.79 Å². The zero-order chi connectivity index (χ0) is 9.40. The van der Waals surface area contributed by atoms with Gasteiger partial charge < -0.3 is 4.79 Å². The van der Waals surface area contributed by atoms with Gasteiger partial charge in [0.2, 0.25) is 0 Å². The first-order valence-electron chi connectivity index (χ1n) is 3.69. The lowest BCUT2D eigenvalue weighted by molar-refractivity contribution is -0.123. The Morgan fingerprint density at radius 3 is 2.50 bits per heavy atom. The average molecular weight is 169 g/mol. The normalized spacial score (nSPS) is 8.75. The summed E-state index contributed by atoms with van der Waals surface area (Å²) >= 11 is 0. The Morgan fingerprint density at radius 2 is 2.00 bits per heavy atom. The topological polar surface area (TPSA) is 82.9 Å². The van der Waals surface area contributed by atoms with Gasteiger partial charge in [0.25, 0.3) is 0 Å². The molecule has 0 amide bonds. The van der Waals surface area contributed by atoms with E-state index >= 15 is 0 Å². The van der Waals surface area contributed by atoms with Gasteiger partial charge in [-0.2, -0.15) is 0 Å². The van der Waals surface area contributed by atoms with E-state index in [-0.39, 0.29) is 37.4 Å². The van der Waals surface area contributed by atoms with Crippen molar-refractivity contribution < 1.29 is 9.59 Å². The van der Waals surface area contributed by atoms with Crippen LogP contribution in [0.5, 0.6) is 0 Å². The highest BCUT2D eigenvalue weighted by Crippen LogP contribution is 1.96. The highest BCUT2D eigenvalue weighted by Gasteiger charge is 2.02. The molecule has 0 unspecified atom stereocenters. The molecular weight excluding hydrogens is 158 g/mol. The molecule has 0 aliphatic heterocycles. The largest absolute Gasteiger partial charge is 0.300 e. The molecule has 0 fully saturated rings. The van der Waals surface area contributed by atoms with E-state index in [1.807, 2.05) is 0 Å².